The van der Waals surface area contributed by atoms with Gasteiger partial charge in [-0.25, -0.2) is 4.99 Å². The number of halogens is 2. The third-order valence-corrected chi connectivity index (χ3v) is 6.34. The number of nitrogens with zero attached hydrogens (tertiary/aromatic N) is 3. The lowest BCUT2D eigenvalue weighted by atomic mass is 10.2. The van der Waals surface area contributed by atoms with E-state index < -0.39 is 0 Å². The van der Waals surface area contributed by atoms with Crippen LogP contribution in [0.1, 0.15) is 0 Å². The van der Waals surface area contributed by atoms with Crippen LogP contribution in [0.2, 0.25) is 10.0 Å². The van der Waals surface area contributed by atoms with Gasteiger partial charge in [0.15, 0.2) is 4.80 Å². The van der Waals surface area contributed by atoms with Crippen LogP contribution in [-0.2, 0) is 11.3 Å². The highest BCUT2D eigenvalue weighted by molar-refractivity contribution is 7.07. The van der Waals surface area contributed by atoms with E-state index in [-0.39, 0.29) is 0 Å². The van der Waals surface area contributed by atoms with Crippen LogP contribution in [-0.4, -0.2) is 42.3 Å². The molecule has 0 radical (unpaired) electrons. The van der Waals surface area contributed by atoms with Crippen molar-refractivity contribution in [1.29, 1.82) is 0 Å². The minimum absolute atomic E-state index is 0.562. The fourth-order valence-electron chi connectivity index (χ4n) is 3.20. The molecule has 146 valence electrons. The number of ether oxygens (including phenoxy) is 1. The first-order valence-corrected chi connectivity index (χ1v) is 10.9. The summed E-state index contributed by atoms with van der Waals surface area (Å²) in [5.74, 6) is 0. The summed E-state index contributed by atoms with van der Waals surface area (Å²) in [6.45, 7) is 5.35. The van der Waals surface area contributed by atoms with Crippen molar-refractivity contribution in [3.05, 3.63) is 68.8 Å². The molecule has 1 fully saturated rings. The molecule has 28 heavy (non-hydrogen) atoms. The van der Waals surface area contributed by atoms with Crippen molar-refractivity contribution in [2.24, 2.45) is 4.99 Å². The Hall–Kier alpha value is -1.63. The summed E-state index contributed by atoms with van der Waals surface area (Å²) in [5.41, 5.74) is 3.10. The average molecular weight is 434 g/mol. The molecule has 0 spiro atoms. The first-order chi connectivity index (χ1) is 13.7. The molecule has 3 aromatic rings. The Morgan fingerprint density at radius 3 is 2.50 bits per heavy atom. The minimum atomic E-state index is 0.562. The van der Waals surface area contributed by atoms with Gasteiger partial charge in [-0.1, -0.05) is 47.5 Å². The molecular formula is C21H21Cl2N3OS. The summed E-state index contributed by atoms with van der Waals surface area (Å²) < 4.78 is 7.74. The Kier molecular flexibility index (Phi) is 6.50. The third-order valence-electron chi connectivity index (χ3n) is 4.74. The van der Waals surface area contributed by atoms with Gasteiger partial charge >= 0.3 is 0 Å². The second kappa shape index (κ2) is 9.25. The van der Waals surface area contributed by atoms with Crippen molar-refractivity contribution in [1.82, 2.24) is 9.47 Å². The van der Waals surface area contributed by atoms with Crippen LogP contribution < -0.4 is 4.80 Å². The number of para-hydroxylation sites is 1. The van der Waals surface area contributed by atoms with Crippen molar-refractivity contribution in [2.75, 3.05) is 32.8 Å². The zero-order chi connectivity index (χ0) is 19.3. The molecule has 0 atom stereocenters. The van der Waals surface area contributed by atoms with E-state index in [1.165, 1.54) is 0 Å². The standard InChI is InChI=1S/C21H21Cl2N3OS/c22-18-7-6-16(14-19(18)23)20-15-28-21(24-17-4-2-1-3-5-17)26(20)9-8-25-10-12-27-13-11-25/h1-7,14-15H,8-13H2. The Labute approximate surface area is 178 Å². The molecule has 0 unspecified atom stereocenters. The van der Waals surface area contributed by atoms with Crippen molar-refractivity contribution in [3.63, 3.8) is 0 Å². The topological polar surface area (TPSA) is 29.8 Å². The maximum Gasteiger partial charge on any atom is 0.190 e. The van der Waals surface area contributed by atoms with Gasteiger partial charge in [-0.2, -0.15) is 0 Å². The molecule has 0 saturated carbocycles. The summed E-state index contributed by atoms with van der Waals surface area (Å²) in [5, 5.41) is 3.27. The molecule has 0 bridgehead atoms. The van der Waals surface area contributed by atoms with Crippen LogP contribution in [0.4, 0.5) is 5.69 Å². The fraction of sp³-hybridized carbons (Fsp3) is 0.286. The van der Waals surface area contributed by atoms with Gasteiger partial charge in [0.25, 0.3) is 0 Å². The molecule has 7 heteroatoms. The maximum atomic E-state index is 6.27. The van der Waals surface area contributed by atoms with Crippen LogP contribution >= 0.6 is 34.5 Å². The minimum Gasteiger partial charge on any atom is -0.379 e. The molecule has 1 saturated heterocycles. The van der Waals surface area contributed by atoms with E-state index >= 15 is 0 Å². The van der Waals surface area contributed by atoms with Gasteiger partial charge in [0, 0.05) is 37.1 Å². The Bertz CT molecular complexity index is 994. The van der Waals surface area contributed by atoms with Gasteiger partial charge in [0.05, 0.1) is 34.6 Å². The Morgan fingerprint density at radius 1 is 0.964 bits per heavy atom. The molecule has 2 heterocycles. The summed E-state index contributed by atoms with van der Waals surface area (Å²) in [6.07, 6.45) is 0. The van der Waals surface area contributed by atoms with Gasteiger partial charge in [-0.15, -0.1) is 11.3 Å². The lowest BCUT2D eigenvalue weighted by Gasteiger charge is -2.26. The van der Waals surface area contributed by atoms with Crippen molar-refractivity contribution < 1.29 is 4.74 Å². The van der Waals surface area contributed by atoms with E-state index in [9.17, 15) is 0 Å². The molecule has 1 aliphatic heterocycles. The average Bonchev–Trinajstić information content (AvgIpc) is 3.12. The highest BCUT2D eigenvalue weighted by Gasteiger charge is 2.14. The normalized spacial score (nSPS) is 15.9. The smallest absolute Gasteiger partial charge is 0.190 e. The molecular weight excluding hydrogens is 413 g/mol. The fourth-order valence-corrected chi connectivity index (χ4v) is 4.45. The third kappa shape index (κ3) is 4.67. The number of morpholine rings is 1. The second-order valence-electron chi connectivity index (χ2n) is 6.59. The zero-order valence-electron chi connectivity index (χ0n) is 15.4. The zero-order valence-corrected chi connectivity index (χ0v) is 17.7. The number of rotatable bonds is 5. The number of hydrogen-bond donors (Lipinski definition) is 0. The first kappa shape index (κ1) is 19.7. The quantitative estimate of drug-likeness (QED) is 0.560. The molecule has 0 amide bonds. The number of thiazole rings is 1. The predicted molar refractivity (Wildman–Crippen MR) is 117 cm³/mol. The van der Waals surface area contributed by atoms with E-state index in [4.69, 9.17) is 32.9 Å². The molecule has 4 nitrogen and oxygen atoms in total. The molecule has 0 aliphatic carbocycles. The van der Waals surface area contributed by atoms with Crippen molar-refractivity contribution in [3.8, 4) is 11.3 Å². The molecule has 4 rings (SSSR count). The van der Waals surface area contributed by atoms with E-state index in [1.807, 2.05) is 48.5 Å². The Balaban J connectivity index is 1.70. The number of hydrogen-bond acceptors (Lipinski definition) is 4. The van der Waals surface area contributed by atoms with E-state index in [0.29, 0.717) is 10.0 Å². The summed E-state index contributed by atoms with van der Waals surface area (Å²) in [4.78, 5) is 8.27. The Morgan fingerprint density at radius 2 is 1.75 bits per heavy atom. The molecule has 1 aromatic heterocycles. The highest BCUT2D eigenvalue weighted by Crippen LogP contribution is 2.29. The lowest BCUT2D eigenvalue weighted by Crippen LogP contribution is -2.39. The van der Waals surface area contributed by atoms with Crippen LogP contribution in [0.5, 0.6) is 0 Å². The van der Waals surface area contributed by atoms with Crippen LogP contribution in [0.3, 0.4) is 0 Å². The first-order valence-electron chi connectivity index (χ1n) is 9.24. The summed E-state index contributed by atoms with van der Waals surface area (Å²) in [7, 11) is 0. The van der Waals surface area contributed by atoms with Gasteiger partial charge in [-0.05, 0) is 24.3 Å². The van der Waals surface area contributed by atoms with Crippen LogP contribution in [0, 0.1) is 0 Å². The number of aromatic nitrogens is 1. The molecule has 2 aromatic carbocycles. The van der Waals surface area contributed by atoms with Crippen LogP contribution in [0.15, 0.2) is 58.9 Å². The predicted octanol–water partition coefficient (Wildman–Crippen LogP) is 5.09. The van der Waals surface area contributed by atoms with Crippen LogP contribution in [0.25, 0.3) is 11.3 Å². The summed E-state index contributed by atoms with van der Waals surface area (Å²) in [6, 6.07) is 15.8. The van der Waals surface area contributed by atoms with Gasteiger partial charge in [0.1, 0.15) is 0 Å². The molecule has 0 N–H and O–H groups in total. The van der Waals surface area contributed by atoms with E-state index in [1.54, 1.807) is 11.3 Å². The van der Waals surface area contributed by atoms with Gasteiger partial charge in [-0.3, -0.25) is 4.90 Å². The van der Waals surface area contributed by atoms with E-state index in [2.05, 4.69) is 14.8 Å². The molecule has 1 aliphatic rings. The van der Waals surface area contributed by atoms with E-state index in [0.717, 1.165) is 61.1 Å². The van der Waals surface area contributed by atoms with Gasteiger partial charge in [0.2, 0.25) is 0 Å². The highest BCUT2D eigenvalue weighted by atomic mass is 35.5. The number of benzene rings is 2. The van der Waals surface area contributed by atoms with Gasteiger partial charge < -0.3 is 9.30 Å². The van der Waals surface area contributed by atoms with Crippen molar-refractivity contribution >= 4 is 40.2 Å². The summed E-state index contributed by atoms with van der Waals surface area (Å²) >= 11 is 14.0. The maximum absolute atomic E-state index is 6.27. The second-order valence-corrected chi connectivity index (χ2v) is 8.24. The largest absolute Gasteiger partial charge is 0.379 e. The van der Waals surface area contributed by atoms with Crippen molar-refractivity contribution in [2.45, 2.75) is 6.54 Å². The monoisotopic (exact) mass is 433 g/mol. The SMILES string of the molecule is Clc1ccc(-c2csc(=Nc3ccccc3)n2CCN2CCOCC2)cc1Cl. The lowest BCUT2D eigenvalue weighted by molar-refractivity contribution is 0.0363.